The van der Waals surface area contributed by atoms with Crippen LogP contribution in [0, 0.1) is 0 Å². The molecule has 20 heavy (non-hydrogen) atoms. The molecule has 0 aromatic carbocycles. The summed E-state index contributed by atoms with van der Waals surface area (Å²) in [6, 6.07) is 0. The first-order valence-electron chi connectivity index (χ1n) is 6.94. The number of rotatable bonds is 7. The van der Waals surface area contributed by atoms with Gasteiger partial charge in [0.05, 0.1) is 5.25 Å². The average Bonchev–Trinajstić information content (AvgIpc) is 2.71. The first-order valence-corrected chi connectivity index (χ1v) is 7.82. The van der Waals surface area contributed by atoms with E-state index >= 15 is 0 Å². The van der Waals surface area contributed by atoms with Crippen molar-refractivity contribution in [1.29, 1.82) is 0 Å². The van der Waals surface area contributed by atoms with Gasteiger partial charge in [-0.2, -0.15) is 0 Å². The molecule has 0 aliphatic heterocycles. The van der Waals surface area contributed by atoms with Crippen molar-refractivity contribution in [2.75, 3.05) is 0 Å². The van der Waals surface area contributed by atoms with Gasteiger partial charge in [0, 0.05) is 12.1 Å². The maximum Gasteiger partial charge on any atom is 0.343 e. The van der Waals surface area contributed by atoms with Crippen LogP contribution in [-0.4, -0.2) is 31.5 Å². The minimum atomic E-state index is -0.299. The lowest BCUT2D eigenvalue weighted by atomic mass is 10.0. The number of carbonyl (C=O) groups is 1. The predicted octanol–water partition coefficient (Wildman–Crippen LogP) is 1.77. The molecule has 1 aromatic rings. The predicted molar refractivity (Wildman–Crippen MR) is 81.0 cm³/mol. The fourth-order valence-electron chi connectivity index (χ4n) is 1.55. The second kappa shape index (κ2) is 6.97. The Balaban J connectivity index is 2.73. The fraction of sp³-hybridized carbons (Fsp3) is 0.769. The van der Waals surface area contributed by atoms with Crippen LogP contribution in [0.2, 0.25) is 0 Å². The van der Waals surface area contributed by atoms with Gasteiger partial charge in [0.15, 0.2) is 5.16 Å². The molecule has 114 valence electrons. The molecular formula is C13H24N4O2S. The number of aromatic nitrogens is 3. The van der Waals surface area contributed by atoms with E-state index in [0.717, 1.165) is 12.8 Å². The number of carbonyl (C=O) groups excluding carboxylic acids is 1. The van der Waals surface area contributed by atoms with Crippen molar-refractivity contribution in [3.63, 3.8) is 0 Å². The van der Waals surface area contributed by atoms with Crippen LogP contribution in [0.15, 0.2) is 9.95 Å². The van der Waals surface area contributed by atoms with Gasteiger partial charge >= 0.3 is 5.69 Å². The van der Waals surface area contributed by atoms with Gasteiger partial charge in [-0.25, -0.2) is 9.89 Å². The fourth-order valence-corrected chi connectivity index (χ4v) is 2.43. The van der Waals surface area contributed by atoms with Crippen LogP contribution in [0.1, 0.15) is 47.5 Å². The van der Waals surface area contributed by atoms with E-state index in [0.29, 0.717) is 11.7 Å². The van der Waals surface area contributed by atoms with Crippen molar-refractivity contribution >= 4 is 17.7 Å². The van der Waals surface area contributed by atoms with E-state index in [1.54, 1.807) is 4.57 Å². The molecule has 1 aromatic heterocycles. The van der Waals surface area contributed by atoms with Crippen LogP contribution in [0.4, 0.5) is 0 Å². The first kappa shape index (κ1) is 16.8. The third-order valence-corrected chi connectivity index (χ3v) is 4.26. The summed E-state index contributed by atoms with van der Waals surface area (Å²) in [5, 5.41) is 9.68. The summed E-state index contributed by atoms with van der Waals surface area (Å²) in [6.45, 7) is 10.4. The number of aromatic amines is 1. The number of nitrogens with one attached hydrogen (secondary N) is 2. The zero-order valence-electron chi connectivity index (χ0n) is 12.8. The van der Waals surface area contributed by atoms with E-state index in [1.807, 2.05) is 34.6 Å². The monoisotopic (exact) mass is 300 g/mol. The zero-order valence-corrected chi connectivity index (χ0v) is 13.6. The summed E-state index contributed by atoms with van der Waals surface area (Å²) >= 11 is 1.30. The highest BCUT2D eigenvalue weighted by Crippen LogP contribution is 2.21. The molecule has 1 atom stereocenters. The largest absolute Gasteiger partial charge is 0.350 e. The van der Waals surface area contributed by atoms with E-state index < -0.39 is 0 Å². The van der Waals surface area contributed by atoms with Gasteiger partial charge in [-0.15, -0.1) is 5.10 Å². The number of thioether (sulfide) groups is 1. The van der Waals surface area contributed by atoms with E-state index in [4.69, 9.17) is 0 Å². The van der Waals surface area contributed by atoms with Crippen molar-refractivity contribution in [1.82, 2.24) is 20.1 Å². The standard InChI is InChI=1S/C13H24N4O2S/c1-6-8-17-11(19)15-16-12(17)20-9(3)10(18)14-13(4,5)7-2/h9H,6-8H2,1-5H3,(H,14,18)(H,15,19). The number of H-pyrrole nitrogens is 1. The van der Waals surface area contributed by atoms with Gasteiger partial charge in [-0.3, -0.25) is 9.36 Å². The van der Waals surface area contributed by atoms with Gasteiger partial charge in [-0.05, 0) is 33.6 Å². The van der Waals surface area contributed by atoms with Crippen LogP contribution in [-0.2, 0) is 11.3 Å². The Morgan fingerprint density at radius 3 is 2.70 bits per heavy atom. The summed E-state index contributed by atoms with van der Waals surface area (Å²) < 4.78 is 1.57. The molecule has 2 N–H and O–H groups in total. The number of hydrogen-bond acceptors (Lipinski definition) is 4. The molecule has 0 aliphatic carbocycles. The summed E-state index contributed by atoms with van der Waals surface area (Å²) in [4.78, 5) is 23.7. The van der Waals surface area contributed by atoms with Gasteiger partial charge in [0.25, 0.3) is 0 Å². The SMILES string of the molecule is CCCn1c(SC(C)C(=O)NC(C)(C)CC)n[nH]c1=O. The van der Waals surface area contributed by atoms with E-state index in [9.17, 15) is 9.59 Å². The Kier molecular flexibility index (Phi) is 5.86. The van der Waals surface area contributed by atoms with Crippen molar-refractivity contribution in [2.24, 2.45) is 0 Å². The van der Waals surface area contributed by atoms with Crippen LogP contribution in [0.5, 0.6) is 0 Å². The molecule has 6 nitrogen and oxygen atoms in total. The van der Waals surface area contributed by atoms with Gasteiger partial charge < -0.3 is 5.32 Å². The molecule has 1 unspecified atom stereocenters. The normalized spacial score (nSPS) is 13.2. The molecule has 0 aliphatic rings. The molecule has 0 radical (unpaired) electrons. The van der Waals surface area contributed by atoms with Crippen molar-refractivity contribution in [3.05, 3.63) is 10.5 Å². The zero-order chi connectivity index (χ0) is 15.3. The molecule has 0 spiro atoms. The maximum atomic E-state index is 12.1. The Morgan fingerprint density at radius 1 is 1.50 bits per heavy atom. The summed E-state index contributed by atoms with van der Waals surface area (Å²) in [5.41, 5.74) is -0.448. The van der Waals surface area contributed by atoms with Gasteiger partial charge in [0.1, 0.15) is 0 Å². The topological polar surface area (TPSA) is 79.8 Å². The van der Waals surface area contributed by atoms with Crippen LogP contribution < -0.4 is 11.0 Å². The lowest BCUT2D eigenvalue weighted by Gasteiger charge is -2.26. The van der Waals surface area contributed by atoms with E-state index in [1.165, 1.54) is 11.8 Å². The minimum absolute atomic E-state index is 0.0413. The van der Waals surface area contributed by atoms with Crippen molar-refractivity contribution in [3.8, 4) is 0 Å². The summed E-state index contributed by atoms with van der Waals surface area (Å²) in [6.07, 6.45) is 1.70. The molecule has 7 heteroatoms. The highest BCUT2D eigenvalue weighted by Gasteiger charge is 2.24. The van der Waals surface area contributed by atoms with Crippen LogP contribution in [0.25, 0.3) is 0 Å². The number of nitrogens with zero attached hydrogens (tertiary/aromatic N) is 2. The Bertz CT molecular complexity index is 507. The average molecular weight is 300 g/mol. The highest BCUT2D eigenvalue weighted by molar-refractivity contribution is 8.00. The molecule has 0 bridgehead atoms. The molecule has 1 rings (SSSR count). The smallest absolute Gasteiger partial charge is 0.343 e. The lowest BCUT2D eigenvalue weighted by molar-refractivity contribution is -0.121. The lowest BCUT2D eigenvalue weighted by Crippen LogP contribution is -2.46. The highest BCUT2D eigenvalue weighted by atomic mass is 32.2. The third-order valence-electron chi connectivity index (χ3n) is 3.17. The second-order valence-electron chi connectivity index (χ2n) is 5.45. The van der Waals surface area contributed by atoms with Gasteiger partial charge in [0.2, 0.25) is 5.91 Å². The van der Waals surface area contributed by atoms with Crippen LogP contribution >= 0.6 is 11.8 Å². The second-order valence-corrected chi connectivity index (χ2v) is 6.76. The minimum Gasteiger partial charge on any atom is -0.350 e. The Labute approximate surface area is 123 Å². The Hall–Kier alpha value is -1.24. The van der Waals surface area contributed by atoms with E-state index in [-0.39, 0.29) is 22.4 Å². The first-order chi connectivity index (χ1) is 9.30. The molecule has 0 fully saturated rings. The van der Waals surface area contributed by atoms with Crippen LogP contribution in [0.3, 0.4) is 0 Å². The molecule has 1 heterocycles. The quantitative estimate of drug-likeness (QED) is 0.752. The molecule has 0 saturated carbocycles. The number of hydrogen-bond donors (Lipinski definition) is 2. The summed E-state index contributed by atoms with van der Waals surface area (Å²) in [7, 11) is 0. The maximum absolute atomic E-state index is 12.1. The van der Waals surface area contributed by atoms with Crippen molar-refractivity contribution in [2.45, 2.75) is 70.0 Å². The molecule has 1 amide bonds. The van der Waals surface area contributed by atoms with Gasteiger partial charge in [-0.1, -0.05) is 25.6 Å². The van der Waals surface area contributed by atoms with E-state index in [2.05, 4.69) is 15.5 Å². The molecule has 0 saturated heterocycles. The molecular weight excluding hydrogens is 276 g/mol. The summed E-state index contributed by atoms with van der Waals surface area (Å²) in [5.74, 6) is -0.0413. The Morgan fingerprint density at radius 2 is 2.15 bits per heavy atom. The third kappa shape index (κ3) is 4.40. The number of amides is 1. The van der Waals surface area contributed by atoms with Crippen molar-refractivity contribution < 1.29 is 4.79 Å².